The molecule has 1 aliphatic carbocycles. The van der Waals surface area contributed by atoms with Crippen LogP contribution in [0.4, 0.5) is 0 Å². The summed E-state index contributed by atoms with van der Waals surface area (Å²) in [5.41, 5.74) is 6.22. The van der Waals surface area contributed by atoms with Crippen LogP contribution in [0.25, 0.3) is 0 Å². The highest BCUT2D eigenvalue weighted by molar-refractivity contribution is 5.78. The Hall–Kier alpha value is -0.810. The Morgan fingerprint density at radius 1 is 1.47 bits per heavy atom. The lowest BCUT2D eigenvalue weighted by atomic mass is 9.67. The van der Waals surface area contributed by atoms with Gasteiger partial charge < -0.3 is 20.5 Å². The predicted molar refractivity (Wildman–Crippen MR) is 78.4 cm³/mol. The Labute approximate surface area is 116 Å². The number of ether oxygens (including phenoxy) is 2. The molecule has 5 heteroatoms. The number of nitrogens with one attached hydrogen (secondary N) is 1. The first-order valence-electron chi connectivity index (χ1n) is 7.25. The summed E-state index contributed by atoms with van der Waals surface area (Å²) in [7, 11) is 1.68. The van der Waals surface area contributed by atoms with Crippen molar-refractivity contribution in [2.45, 2.75) is 45.6 Å². The van der Waals surface area contributed by atoms with Crippen LogP contribution in [-0.2, 0) is 9.47 Å². The first kappa shape index (κ1) is 16.2. The lowest BCUT2D eigenvalue weighted by Gasteiger charge is -2.40. The highest BCUT2D eigenvalue weighted by atomic mass is 16.5. The molecule has 0 amide bonds. The van der Waals surface area contributed by atoms with Crippen molar-refractivity contribution in [2.75, 3.05) is 33.5 Å². The summed E-state index contributed by atoms with van der Waals surface area (Å²) in [6.07, 6.45) is 4.87. The molecule has 0 radical (unpaired) electrons. The predicted octanol–water partition coefficient (Wildman–Crippen LogP) is 1.52. The molecule has 1 aliphatic rings. The van der Waals surface area contributed by atoms with Crippen LogP contribution in [0.2, 0.25) is 0 Å². The first-order chi connectivity index (χ1) is 9.12. The Morgan fingerprint density at radius 2 is 2.21 bits per heavy atom. The largest absolute Gasteiger partial charge is 0.383 e. The average Bonchev–Trinajstić information content (AvgIpc) is 2.31. The molecule has 1 fully saturated rings. The van der Waals surface area contributed by atoms with Gasteiger partial charge in [-0.25, -0.2) is 0 Å². The molecule has 1 unspecified atom stereocenters. The number of methoxy groups -OCH3 is 1. The number of nitrogens with two attached hydrogens (primary N) is 1. The number of nitrogens with zero attached hydrogens (tertiary/aromatic N) is 1. The van der Waals surface area contributed by atoms with Crippen molar-refractivity contribution >= 4 is 5.96 Å². The van der Waals surface area contributed by atoms with Gasteiger partial charge in [-0.15, -0.1) is 0 Å². The third kappa shape index (κ3) is 5.78. The molecule has 5 nitrogen and oxygen atoms in total. The van der Waals surface area contributed by atoms with Crippen molar-refractivity contribution < 1.29 is 9.47 Å². The van der Waals surface area contributed by atoms with Crippen LogP contribution in [0.15, 0.2) is 4.99 Å². The Balaban J connectivity index is 2.34. The van der Waals surface area contributed by atoms with E-state index in [0.29, 0.717) is 18.0 Å². The second-order valence-corrected chi connectivity index (χ2v) is 5.50. The summed E-state index contributed by atoms with van der Waals surface area (Å²) in [6, 6.07) is 0.189. The van der Waals surface area contributed by atoms with Crippen molar-refractivity contribution in [2.24, 2.45) is 16.1 Å². The van der Waals surface area contributed by atoms with Crippen LogP contribution in [0, 0.1) is 5.41 Å². The Morgan fingerprint density at radius 3 is 2.74 bits per heavy atom. The zero-order valence-electron chi connectivity index (χ0n) is 12.6. The molecule has 112 valence electrons. The summed E-state index contributed by atoms with van der Waals surface area (Å²) in [4.78, 5) is 4.49. The van der Waals surface area contributed by atoms with Gasteiger partial charge >= 0.3 is 0 Å². The topological polar surface area (TPSA) is 68.9 Å². The van der Waals surface area contributed by atoms with Gasteiger partial charge in [-0.05, 0) is 38.5 Å². The SMILES string of the molecule is CCOCCC1(CN=C(N)NC(C)COC)CCC1. The number of hydrogen-bond donors (Lipinski definition) is 2. The van der Waals surface area contributed by atoms with Gasteiger partial charge in [0.05, 0.1) is 6.61 Å². The van der Waals surface area contributed by atoms with Gasteiger partial charge in [-0.2, -0.15) is 0 Å². The molecule has 0 aromatic heterocycles. The molecule has 0 aromatic carbocycles. The molecule has 0 saturated heterocycles. The minimum absolute atomic E-state index is 0.189. The van der Waals surface area contributed by atoms with E-state index >= 15 is 0 Å². The standard InChI is InChI=1S/C14H29N3O2/c1-4-19-9-8-14(6-5-7-14)11-16-13(15)17-12(2)10-18-3/h12H,4-11H2,1-3H3,(H3,15,16,17). The van der Waals surface area contributed by atoms with Crippen molar-refractivity contribution in [1.82, 2.24) is 5.32 Å². The molecule has 1 atom stereocenters. The zero-order valence-corrected chi connectivity index (χ0v) is 12.6. The van der Waals surface area contributed by atoms with Crippen LogP contribution >= 0.6 is 0 Å². The first-order valence-corrected chi connectivity index (χ1v) is 7.25. The number of hydrogen-bond acceptors (Lipinski definition) is 3. The molecular formula is C14H29N3O2. The van der Waals surface area contributed by atoms with E-state index in [2.05, 4.69) is 10.3 Å². The van der Waals surface area contributed by atoms with Gasteiger partial charge in [-0.1, -0.05) is 6.42 Å². The van der Waals surface area contributed by atoms with Crippen LogP contribution in [0.5, 0.6) is 0 Å². The maximum absolute atomic E-state index is 5.90. The van der Waals surface area contributed by atoms with E-state index < -0.39 is 0 Å². The minimum Gasteiger partial charge on any atom is -0.383 e. The van der Waals surface area contributed by atoms with Crippen LogP contribution < -0.4 is 11.1 Å². The maximum atomic E-state index is 5.90. The van der Waals surface area contributed by atoms with Gasteiger partial charge in [0.15, 0.2) is 5.96 Å². The zero-order chi connectivity index (χ0) is 14.1. The van der Waals surface area contributed by atoms with E-state index in [4.69, 9.17) is 15.2 Å². The van der Waals surface area contributed by atoms with E-state index in [1.807, 2.05) is 13.8 Å². The lowest BCUT2D eigenvalue weighted by Crippen LogP contribution is -2.42. The fourth-order valence-corrected chi connectivity index (χ4v) is 2.44. The molecule has 3 N–H and O–H groups in total. The minimum atomic E-state index is 0.189. The normalized spacial score (nSPS) is 19.8. The van der Waals surface area contributed by atoms with Crippen LogP contribution in [-0.4, -0.2) is 45.5 Å². The lowest BCUT2D eigenvalue weighted by molar-refractivity contribution is 0.0609. The molecule has 1 saturated carbocycles. The number of rotatable bonds is 9. The second kappa shape index (κ2) is 8.38. The Bertz CT molecular complexity index is 278. The van der Waals surface area contributed by atoms with Crippen molar-refractivity contribution in [1.29, 1.82) is 0 Å². The van der Waals surface area contributed by atoms with E-state index in [0.717, 1.165) is 26.2 Å². The van der Waals surface area contributed by atoms with E-state index in [1.165, 1.54) is 19.3 Å². The van der Waals surface area contributed by atoms with Crippen molar-refractivity contribution in [3.05, 3.63) is 0 Å². The third-order valence-corrected chi connectivity index (χ3v) is 3.79. The second-order valence-electron chi connectivity index (χ2n) is 5.50. The number of aliphatic imine (C=N–C) groups is 1. The molecule has 0 aliphatic heterocycles. The van der Waals surface area contributed by atoms with Crippen molar-refractivity contribution in [3.8, 4) is 0 Å². The van der Waals surface area contributed by atoms with Crippen molar-refractivity contribution in [3.63, 3.8) is 0 Å². The van der Waals surface area contributed by atoms with Gasteiger partial charge in [0.25, 0.3) is 0 Å². The fourth-order valence-electron chi connectivity index (χ4n) is 2.44. The van der Waals surface area contributed by atoms with E-state index in [1.54, 1.807) is 7.11 Å². The fraction of sp³-hybridized carbons (Fsp3) is 0.929. The van der Waals surface area contributed by atoms with Gasteiger partial charge in [-0.3, -0.25) is 4.99 Å². The summed E-state index contributed by atoms with van der Waals surface area (Å²) in [5, 5.41) is 3.14. The Kier molecular flexibility index (Phi) is 7.16. The van der Waals surface area contributed by atoms with Crippen LogP contribution in [0.3, 0.4) is 0 Å². The summed E-state index contributed by atoms with van der Waals surface area (Å²) in [5.74, 6) is 0.521. The highest BCUT2D eigenvalue weighted by Gasteiger charge is 2.36. The molecular weight excluding hydrogens is 242 g/mol. The van der Waals surface area contributed by atoms with Gasteiger partial charge in [0, 0.05) is 32.9 Å². The monoisotopic (exact) mass is 271 g/mol. The number of guanidine groups is 1. The maximum Gasteiger partial charge on any atom is 0.188 e. The molecule has 0 bridgehead atoms. The molecule has 0 spiro atoms. The highest BCUT2D eigenvalue weighted by Crippen LogP contribution is 2.44. The molecule has 1 rings (SSSR count). The van der Waals surface area contributed by atoms with Gasteiger partial charge in [0.2, 0.25) is 0 Å². The smallest absolute Gasteiger partial charge is 0.188 e. The quantitative estimate of drug-likeness (QED) is 0.379. The summed E-state index contributed by atoms with van der Waals surface area (Å²) < 4.78 is 10.5. The summed E-state index contributed by atoms with van der Waals surface area (Å²) >= 11 is 0. The van der Waals surface area contributed by atoms with E-state index in [-0.39, 0.29) is 6.04 Å². The molecule has 19 heavy (non-hydrogen) atoms. The average molecular weight is 271 g/mol. The molecule has 0 aromatic rings. The van der Waals surface area contributed by atoms with Gasteiger partial charge in [0.1, 0.15) is 0 Å². The third-order valence-electron chi connectivity index (χ3n) is 3.79. The van der Waals surface area contributed by atoms with E-state index in [9.17, 15) is 0 Å². The summed E-state index contributed by atoms with van der Waals surface area (Å²) in [6.45, 7) is 7.12. The molecule has 0 heterocycles. The van der Waals surface area contributed by atoms with Crippen LogP contribution in [0.1, 0.15) is 39.5 Å².